The summed E-state index contributed by atoms with van der Waals surface area (Å²) in [6.07, 6.45) is 6.79. The SMILES string of the molecule is COc1ncc(-c2c(-c3ccnc(C)c3)nc3ncccn23)cc1F. The molecule has 4 aromatic rings. The summed E-state index contributed by atoms with van der Waals surface area (Å²) < 4.78 is 20.9. The summed E-state index contributed by atoms with van der Waals surface area (Å²) in [4.78, 5) is 17.2. The molecule has 0 aliphatic heterocycles. The first kappa shape index (κ1) is 15.2. The Labute approximate surface area is 143 Å². The maximum atomic E-state index is 14.2. The predicted octanol–water partition coefficient (Wildman–Crippen LogP) is 3.31. The van der Waals surface area contributed by atoms with Crippen molar-refractivity contribution in [2.24, 2.45) is 0 Å². The minimum absolute atomic E-state index is 0.0444. The topological polar surface area (TPSA) is 65.2 Å². The van der Waals surface area contributed by atoms with Gasteiger partial charge in [-0.15, -0.1) is 0 Å². The number of methoxy groups -OCH3 is 1. The zero-order chi connectivity index (χ0) is 17.4. The molecule has 0 aromatic carbocycles. The number of pyridine rings is 2. The monoisotopic (exact) mass is 335 g/mol. The maximum Gasteiger partial charge on any atom is 0.250 e. The van der Waals surface area contributed by atoms with Crippen molar-refractivity contribution in [3.8, 4) is 28.4 Å². The molecule has 0 spiro atoms. The van der Waals surface area contributed by atoms with Crippen LogP contribution in [-0.2, 0) is 0 Å². The maximum absolute atomic E-state index is 14.2. The van der Waals surface area contributed by atoms with Gasteiger partial charge in [-0.25, -0.2) is 19.3 Å². The van der Waals surface area contributed by atoms with Crippen LogP contribution in [0.15, 0.2) is 49.1 Å². The first-order chi connectivity index (χ1) is 12.2. The molecule has 0 N–H and O–H groups in total. The Morgan fingerprint density at radius 3 is 2.72 bits per heavy atom. The normalized spacial score (nSPS) is 11.0. The van der Waals surface area contributed by atoms with Crippen molar-refractivity contribution >= 4 is 5.78 Å². The van der Waals surface area contributed by atoms with Crippen molar-refractivity contribution in [2.75, 3.05) is 7.11 Å². The van der Waals surface area contributed by atoms with Gasteiger partial charge in [0.05, 0.1) is 18.5 Å². The highest BCUT2D eigenvalue weighted by Crippen LogP contribution is 2.33. The van der Waals surface area contributed by atoms with Crippen LogP contribution in [0.1, 0.15) is 5.69 Å². The Hall–Kier alpha value is -3.35. The number of ether oxygens (including phenoxy) is 1. The molecule has 0 aliphatic carbocycles. The first-order valence-electron chi connectivity index (χ1n) is 7.63. The van der Waals surface area contributed by atoms with Crippen LogP contribution < -0.4 is 4.74 Å². The second kappa shape index (κ2) is 5.94. The third kappa shape index (κ3) is 2.59. The van der Waals surface area contributed by atoms with E-state index in [1.54, 1.807) is 24.7 Å². The van der Waals surface area contributed by atoms with Gasteiger partial charge in [0.25, 0.3) is 0 Å². The van der Waals surface area contributed by atoms with Gasteiger partial charge in [-0.05, 0) is 31.2 Å². The van der Waals surface area contributed by atoms with E-state index in [-0.39, 0.29) is 5.88 Å². The highest BCUT2D eigenvalue weighted by Gasteiger charge is 2.18. The van der Waals surface area contributed by atoms with Gasteiger partial charge in [0.1, 0.15) is 0 Å². The van der Waals surface area contributed by atoms with Crippen LogP contribution in [0.2, 0.25) is 0 Å². The van der Waals surface area contributed by atoms with Crippen molar-refractivity contribution in [3.63, 3.8) is 0 Å². The van der Waals surface area contributed by atoms with Gasteiger partial charge in [0, 0.05) is 41.6 Å². The number of fused-ring (bicyclic) bond motifs is 1. The summed E-state index contributed by atoms with van der Waals surface area (Å²) in [7, 11) is 1.38. The lowest BCUT2D eigenvalue weighted by molar-refractivity contribution is 0.369. The molecule has 25 heavy (non-hydrogen) atoms. The van der Waals surface area contributed by atoms with E-state index in [1.807, 2.05) is 29.7 Å². The lowest BCUT2D eigenvalue weighted by Crippen LogP contribution is -1.96. The molecule has 0 bridgehead atoms. The average molecular weight is 335 g/mol. The number of aryl methyl sites for hydroxylation is 1. The Bertz CT molecular complexity index is 1080. The summed E-state index contributed by atoms with van der Waals surface area (Å²) in [6.45, 7) is 1.91. The van der Waals surface area contributed by atoms with Crippen molar-refractivity contribution in [1.29, 1.82) is 0 Å². The lowest BCUT2D eigenvalue weighted by atomic mass is 10.1. The van der Waals surface area contributed by atoms with Crippen LogP contribution in [0, 0.1) is 12.7 Å². The second-order valence-electron chi connectivity index (χ2n) is 5.50. The average Bonchev–Trinajstić information content (AvgIpc) is 3.01. The zero-order valence-electron chi connectivity index (χ0n) is 13.6. The van der Waals surface area contributed by atoms with Gasteiger partial charge >= 0.3 is 0 Å². The lowest BCUT2D eigenvalue weighted by Gasteiger charge is -2.07. The number of imidazole rings is 1. The van der Waals surface area contributed by atoms with E-state index in [9.17, 15) is 4.39 Å². The highest BCUT2D eigenvalue weighted by atomic mass is 19.1. The molecule has 4 heterocycles. The van der Waals surface area contributed by atoms with Gasteiger partial charge in [-0.3, -0.25) is 9.38 Å². The van der Waals surface area contributed by atoms with Crippen LogP contribution >= 0.6 is 0 Å². The molecule has 4 aromatic heterocycles. The summed E-state index contributed by atoms with van der Waals surface area (Å²) in [5.41, 5.74) is 3.73. The molecule has 124 valence electrons. The van der Waals surface area contributed by atoms with Crippen molar-refractivity contribution in [2.45, 2.75) is 6.92 Å². The molecule has 0 amide bonds. The Morgan fingerprint density at radius 2 is 1.96 bits per heavy atom. The molecule has 0 saturated heterocycles. The third-order valence-electron chi connectivity index (χ3n) is 3.85. The second-order valence-corrected chi connectivity index (χ2v) is 5.50. The summed E-state index contributed by atoms with van der Waals surface area (Å²) in [5.74, 6) is -0.0501. The fourth-order valence-electron chi connectivity index (χ4n) is 2.76. The molecule has 4 rings (SSSR count). The van der Waals surface area contributed by atoms with E-state index in [0.29, 0.717) is 22.7 Å². The van der Waals surface area contributed by atoms with Crippen LogP contribution in [0.3, 0.4) is 0 Å². The number of rotatable bonds is 3. The van der Waals surface area contributed by atoms with Gasteiger partial charge in [0.15, 0.2) is 5.82 Å². The van der Waals surface area contributed by atoms with Crippen LogP contribution in [-0.4, -0.2) is 31.4 Å². The van der Waals surface area contributed by atoms with Gasteiger partial charge in [-0.1, -0.05) is 0 Å². The molecule has 0 unspecified atom stereocenters. The van der Waals surface area contributed by atoms with Crippen LogP contribution in [0.25, 0.3) is 28.3 Å². The Balaban J connectivity index is 2.01. The third-order valence-corrected chi connectivity index (χ3v) is 3.85. The standard InChI is InChI=1S/C18H14FN5O/c1-11-8-12(4-6-20-11)15-16(24-7-3-5-21-18(24)23-15)13-9-14(19)17(25-2)22-10-13/h3-10H,1-2H3. The number of hydrogen-bond donors (Lipinski definition) is 0. The van der Waals surface area contributed by atoms with Crippen LogP contribution in [0.5, 0.6) is 5.88 Å². The number of halogens is 1. The predicted molar refractivity (Wildman–Crippen MR) is 90.7 cm³/mol. The number of nitrogens with zero attached hydrogens (tertiary/aromatic N) is 5. The molecular formula is C18H14FN5O. The Morgan fingerprint density at radius 1 is 1.08 bits per heavy atom. The number of hydrogen-bond acceptors (Lipinski definition) is 5. The smallest absolute Gasteiger partial charge is 0.250 e. The minimum atomic E-state index is -0.532. The van der Waals surface area contributed by atoms with E-state index in [1.165, 1.54) is 13.2 Å². The van der Waals surface area contributed by atoms with Gasteiger partial charge < -0.3 is 4.74 Å². The molecule has 6 nitrogen and oxygen atoms in total. The van der Waals surface area contributed by atoms with E-state index in [4.69, 9.17) is 4.74 Å². The summed E-state index contributed by atoms with van der Waals surface area (Å²) >= 11 is 0. The highest BCUT2D eigenvalue weighted by molar-refractivity contribution is 5.81. The molecule has 0 fully saturated rings. The zero-order valence-corrected chi connectivity index (χ0v) is 13.6. The van der Waals surface area contributed by atoms with E-state index >= 15 is 0 Å². The van der Waals surface area contributed by atoms with Crippen LogP contribution in [0.4, 0.5) is 4.39 Å². The van der Waals surface area contributed by atoms with Crippen molar-refractivity contribution < 1.29 is 9.13 Å². The molecule has 0 radical (unpaired) electrons. The summed E-state index contributed by atoms with van der Waals surface area (Å²) in [5, 5.41) is 0. The van der Waals surface area contributed by atoms with Crippen molar-refractivity contribution in [3.05, 3.63) is 60.6 Å². The van der Waals surface area contributed by atoms with Crippen molar-refractivity contribution in [1.82, 2.24) is 24.3 Å². The van der Waals surface area contributed by atoms with E-state index < -0.39 is 5.82 Å². The van der Waals surface area contributed by atoms with E-state index in [0.717, 1.165) is 11.3 Å². The van der Waals surface area contributed by atoms with Gasteiger partial charge in [-0.2, -0.15) is 0 Å². The largest absolute Gasteiger partial charge is 0.479 e. The van der Waals surface area contributed by atoms with E-state index in [2.05, 4.69) is 19.9 Å². The molecular weight excluding hydrogens is 321 g/mol. The number of aromatic nitrogens is 5. The Kier molecular flexibility index (Phi) is 3.61. The summed E-state index contributed by atoms with van der Waals surface area (Å²) in [6, 6.07) is 6.98. The fraction of sp³-hybridized carbons (Fsp3) is 0.111. The quantitative estimate of drug-likeness (QED) is 0.575. The molecule has 0 aliphatic rings. The molecule has 7 heteroatoms. The fourth-order valence-corrected chi connectivity index (χ4v) is 2.76. The molecule has 0 saturated carbocycles. The first-order valence-corrected chi connectivity index (χ1v) is 7.63. The molecule has 0 atom stereocenters. The van der Waals surface area contributed by atoms with Gasteiger partial charge in [0.2, 0.25) is 11.7 Å². The minimum Gasteiger partial charge on any atom is -0.479 e.